The van der Waals surface area contributed by atoms with Crippen LogP contribution in [0.25, 0.3) is 0 Å². The van der Waals surface area contributed by atoms with Gasteiger partial charge in [-0.15, -0.1) is 0 Å². The normalized spacial score (nSPS) is 26.3. The molecular formula is C24H27NO2. The van der Waals surface area contributed by atoms with E-state index in [1.165, 1.54) is 23.1 Å². The molecule has 2 aromatic rings. The fourth-order valence-electron chi connectivity index (χ4n) is 5.49. The number of hydrogen-bond donors (Lipinski definition) is 0. The summed E-state index contributed by atoms with van der Waals surface area (Å²) in [5.74, 6) is 0.883. The number of fused-ring (bicyclic) bond motifs is 2. The first-order chi connectivity index (χ1) is 13.3. The molecular weight excluding hydrogens is 334 g/mol. The van der Waals surface area contributed by atoms with Gasteiger partial charge in [-0.05, 0) is 47.8 Å². The maximum absolute atomic E-state index is 12.8. The lowest BCUT2D eigenvalue weighted by molar-refractivity contribution is -0.137. The third-order valence-electron chi connectivity index (χ3n) is 7.02. The molecule has 1 amide bonds. The van der Waals surface area contributed by atoms with Crippen LogP contribution in [-0.4, -0.2) is 37.1 Å². The average molecular weight is 361 g/mol. The Hall–Kier alpha value is -2.13. The van der Waals surface area contributed by atoms with Crippen molar-refractivity contribution >= 4 is 5.91 Å². The minimum atomic E-state index is 0.0898. The fraction of sp³-hybridized carbons (Fsp3) is 0.458. The van der Waals surface area contributed by atoms with Crippen LogP contribution in [0.5, 0.6) is 0 Å². The highest BCUT2D eigenvalue weighted by molar-refractivity contribution is 5.79. The van der Waals surface area contributed by atoms with Crippen molar-refractivity contribution in [3.8, 4) is 0 Å². The van der Waals surface area contributed by atoms with E-state index in [0.717, 1.165) is 39.0 Å². The third-order valence-corrected chi connectivity index (χ3v) is 7.02. The van der Waals surface area contributed by atoms with Gasteiger partial charge in [-0.25, -0.2) is 0 Å². The van der Waals surface area contributed by atoms with Crippen molar-refractivity contribution in [1.29, 1.82) is 0 Å². The lowest BCUT2D eigenvalue weighted by atomic mass is 9.73. The number of nitrogens with zero attached hydrogens (tertiary/aromatic N) is 1. The van der Waals surface area contributed by atoms with Gasteiger partial charge in [0.1, 0.15) is 0 Å². The maximum atomic E-state index is 12.8. The van der Waals surface area contributed by atoms with Crippen LogP contribution in [-0.2, 0) is 14.9 Å². The first-order valence-electron chi connectivity index (χ1n) is 10.3. The number of ether oxygens (including phenoxy) is 1. The quantitative estimate of drug-likeness (QED) is 0.805. The number of hydrogen-bond acceptors (Lipinski definition) is 2. The molecule has 2 atom stereocenters. The summed E-state index contributed by atoms with van der Waals surface area (Å²) in [6.45, 7) is 3.11. The molecule has 2 aromatic carbocycles. The van der Waals surface area contributed by atoms with Gasteiger partial charge in [0.15, 0.2) is 0 Å². The van der Waals surface area contributed by atoms with E-state index < -0.39 is 0 Å². The van der Waals surface area contributed by atoms with Crippen LogP contribution in [0.15, 0.2) is 54.6 Å². The van der Waals surface area contributed by atoms with E-state index in [9.17, 15) is 4.79 Å². The van der Waals surface area contributed by atoms with Crippen molar-refractivity contribution in [2.45, 2.75) is 37.0 Å². The summed E-state index contributed by atoms with van der Waals surface area (Å²) >= 11 is 0. The monoisotopic (exact) mass is 361 g/mol. The first kappa shape index (κ1) is 17.0. The number of carbonyl (C=O) groups is 1. The summed E-state index contributed by atoms with van der Waals surface area (Å²) in [6, 6.07) is 19.9. The van der Waals surface area contributed by atoms with Crippen molar-refractivity contribution in [3.63, 3.8) is 0 Å². The second kappa shape index (κ2) is 6.79. The molecule has 0 aromatic heterocycles. The molecule has 27 heavy (non-hydrogen) atoms. The molecule has 3 nitrogen and oxygen atoms in total. The van der Waals surface area contributed by atoms with E-state index in [-0.39, 0.29) is 11.3 Å². The Balaban J connectivity index is 1.39. The molecule has 2 unspecified atom stereocenters. The summed E-state index contributed by atoms with van der Waals surface area (Å²) in [7, 11) is 0. The summed E-state index contributed by atoms with van der Waals surface area (Å²) in [6.07, 6.45) is 4.21. The molecule has 3 aliphatic rings. The second-order valence-electron chi connectivity index (χ2n) is 8.42. The van der Waals surface area contributed by atoms with Crippen LogP contribution in [0.2, 0.25) is 0 Å². The van der Waals surface area contributed by atoms with E-state index in [1.807, 2.05) is 0 Å². The Morgan fingerprint density at radius 3 is 2.48 bits per heavy atom. The number of benzene rings is 2. The molecule has 2 heterocycles. The highest BCUT2D eigenvalue weighted by Crippen LogP contribution is 2.53. The molecule has 2 aliphatic heterocycles. The molecule has 140 valence electrons. The van der Waals surface area contributed by atoms with E-state index in [4.69, 9.17) is 4.74 Å². The zero-order valence-electron chi connectivity index (χ0n) is 15.8. The third kappa shape index (κ3) is 2.89. The van der Waals surface area contributed by atoms with Crippen molar-refractivity contribution in [2.75, 3.05) is 26.3 Å². The van der Waals surface area contributed by atoms with E-state index in [2.05, 4.69) is 59.5 Å². The zero-order valence-corrected chi connectivity index (χ0v) is 15.8. The van der Waals surface area contributed by atoms with E-state index in [0.29, 0.717) is 18.4 Å². The Morgan fingerprint density at radius 1 is 1.00 bits per heavy atom. The summed E-state index contributed by atoms with van der Waals surface area (Å²) in [4.78, 5) is 14.9. The summed E-state index contributed by atoms with van der Waals surface area (Å²) < 4.78 is 5.42. The van der Waals surface area contributed by atoms with Crippen LogP contribution >= 0.6 is 0 Å². The Bertz CT molecular complexity index is 817. The van der Waals surface area contributed by atoms with Crippen LogP contribution in [0.3, 0.4) is 0 Å². The number of carbonyl (C=O) groups excluding carboxylic acids is 1. The first-order valence-corrected chi connectivity index (χ1v) is 10.3. The van der Waals surface area contributed by atoms with Gasteiger partial charge in [0.25, 0.3) is 0 Å². The van der Waals surface area contributed by atoms with Crippen LogP contribution < -0.4 is 0 Å². The van der Waals surface area contributed by atoms with Gasteiger partial charge in [-0.3, -0.25) is 4.79 Å². The van der Waals surface area contributed by atoms with Crippen molar-refractivity contribution in [2.24, 2.45) is 5.92 Å². The summed E-state index contributed by atoms with van der Waals surface area (Å²) in [5, 5.41) is 0. The highest BCUT2D eigenvalue weighted by atomic mass is 16.5. The Morgan fingerprint density at radius 2 is 1.74 bits per heavy atom. The number of piperidine rings is 1. The SMILES string of the molecule is O=C(C1CCOC1)N1CCC2(CC1)CC(c1ccccc1)c1ccccc12. The molecule has 0 bridgehead atoms. The molecule has 1 aliphatic carbocycles. The van der Waals surface area contributed by atoms with Gasteiger partial charge in [0, 0.05) is 25.6 Å². The smallest absolute Gasteiger partial charge is 0.228 e. The largest absolute Gasteiger partial charge is 0.381 e. The zero-order chi connectivity index (χ0) is 18.3. The van der Waals surface area contributed by atoms with Crippen molar-refractivity contribution in [3.05, 3.63) is 71.3 Å². The second-order valence-corrected chi connectivity index (χ2v) is 8.42. The minimum absolute atomic E-state index is 0.0898. The van der Waals surface area contributed by atoms with Gasteiger partial charge in [0.05, 0.1) is 12.5 Å². The average Bonchev–Trinajstić information content (AvgIpc) is 3.37. The van der Waals surface area contributed by atoms with Gasteiger partial charge < -0.3 is 9.64 Å². The van der Waals surface area contributed by atoms with Crippen LogP contribution in [0.1, 0.15) is 48.3 Å². The number of likely N-dealkylation sites (tertiary alicyclic amines) is 1. The van der Waals surface area contributed by atoms with Crippen molar-refractivity contribution in [1.82, 2.24) is 4.90 Å². The van der Waals surface area contributed by atoms with Crippen LogP contribution in [0.4, 0.5) is 0 Å². The molecule has 0 radical (unpaired) electrons. The molecule has 3 heteroatoms. The Labute approximate surface area is 161 Å². The molecule has 2 saturated heterocycles. The molecule has 5 rings (SSSR count). The lowest BCUT2D eigenvalue weighted by Crippen LogP contribution is -2.46. The predicted molar refractivity (Wildman–Crippen MR) is 106 cm³/mol. The topological polar surface area (TPSA) is 29.5 Å². The molecule has 0 saturated carbocycles. The van der Waals surface area contributed by atoms with Gasteiger partial charge >= 0.3 is 0 Å². The molecule has 1 spiro atoms. The van der Waals surface area contributed by atoms with Gasteiger partial charge in [0.2, 0.25) is 5.91 Å². The highest BCUT2D eigenvalue weighted by Gasteiger charge is 2.46. The standard InChI is InChI=1S/C24H27NO2/c26-23(19-10-15-27-17-19)25-13-11-24(12-14-25)16-21(18-6-2-1-3-7-18)20-8-4-5-9-22(20)24/h1-9,19,21H,10-17H2. The minimum Gasteiger partial charge on any atom is -0.381 e. The molecule has 0 N–H and O–H groups in total. The van der Waals surface area contributed by atoms with E-state index in [1.54, 1.807) is 0 Å². The predicted octanol–water partition coefficient (Wildman–Crippen LogP) is 4.12. The van der Waals surface area contributed by atoms with E-state index >= 15 is 0 Å². The molecule has 2 fully saturated rings. The van der Waals surface area contributed by atoms with Crippen LogP contribution in [0, 0.1) is 5.92 Å². The van der Waals surface area contributed by atoms with Gasteiger partial charge in [-0.2, -0.15) is 0 Å². The number of amides is 1. The fourth-order valence-corrected chi connectivity index (χ4v) is 5.49. The number of rotatable bonds is 2. The lowest BCUT2D eigenvalue weighted by Gasteiger charge is -2.41. The summed E-state index contributed by atoms with van der Waals surface area (Å²) in [5.41, 5.74) is 4.66. The van der Waals surface area contributed by atoms with Gasteiger partial charge in [-0.1, -0.05) is 54.6 Å². The maximum Gasteiger partial charge on any atom is 0.228 e. The Kier molecular flexibility index (Phi) is 4.28. The van der Waals surface area contributed by atoms with Crippen molar-refractivity contribution < 1.29 is 9.53 Å².